The lowest BCUT2D eigenvalue weighted by Gasteiger charge is -2.30. The molecule has 2 N–H and O–H groups in total. The maximum atomic E-state index is 5.45. The molecule has 5 heteroatoms. The molecule has 0 saturated heterocycles. The molecule has 0 rings (SSSR count). The Bertz CT molecular complexity index is 157. The van der Waals surface area contributed by atoms with Crippen LogP contribution in [0.25, 0.3) is 0 Å². The van der Waals surface area contributed by atoms with E-state index in [0.717, 1.165) is 19.4 Å². The van der Waals surface area contributed by atoms with Gasteiger partial charge >= 0.3 is 8.80 Å². The molecule has 0 aliphatic rings. The summed E-state index contributed by atoms with van der Waals surface area (Å²) in [4.78, 5) is 0. The topological polar surface area (TPSA) is 53.7 Å². The minimum Gasteiger partial charge on any atom is -0.377 e. The molecule has 0 bridgehead atoms. The zero-order valence-corrected chi connectivity index (χ0v) is 12.1. The molecule has 98 valence electrons. The van der Waals surface area contributed by atoms with Gasteiger partial charge in [-0.3, -0.25) is 0 Å². The van der Waals surface area contributed by atoms with Crippen LogP contribution in [0.4, 0.5) is 0 Å². The summed E-state index contributed by atoms with van der Waals surface area (Å²) in [7, 11) is 2.60. The summed E-state index contributed by atoms with van der Waals surface area (Å²) in [6.07, 6.45) is 5.84. The van der Waals surface area contributed by atoms with Crippen molar-refractivity contribution >= 4 is 8.80 Å². The van der Waals surface area contributed by atoms with Crippen molar-refractivity contribution in [3.05, 3.63) is 0 Å². The Labute approximate surface area is 101 Å². The molecule has 0 amide bonds. The highest BCUT2D eigenvalue weighted by atomic mass is 28.4. The van der Waals surface area contributed by atoms with Gasteiger partial charge in [0.25, 0.3) is 0 Å². The fourth-order valence-corrected chi connectivity index (χ4v) is 4.24. The van der Waals surface area contributed by atoms with Crippen molar-refractivity contribution in [1.29, 1.82) is 0 Å². The van der Waals surface area contributed by atoms with E-state index in [1.165, 1.54) is 19.3 Å². The highest BCUT2D eigenvalue weighted by Crippen LogP contribution is 2.28. The predicted octanol–water partition coefficient (Wildman–Crippen LogP) is 2.16. The van der Waals surface area contributed by atoms with Gasteiger partial charge in [0.2, 0.25) is 0 Å². The molecule has 0 aliphatic heterocycles. The average Bonchev–Trinajstić information content (AvgIpc) is 2.32. The van der Waals surface area contributed by atoms with E-state index in [4.69, 9.17) is 19.0 Å². The van der Waals surface area contributed by atoms with Crippen molar-refractivity contribution in [2.75, 3.05) is 27.9 Å². The lowest BCUT2D eigenvalue weighted by atomic mass is 10.1. The molecule has 0 aliphatic carbocycles. The number of unbranched alkanes of at least 4 members (excludes halogenated alkanes) is 3. The Morgan fingerprint density at radius 3 is 1.88 bits per heavy atom. The van der Waals surface area contributed by atoms with Gasteiger partial charge in [-0.2, -0.15) is 0 Å². The first-order chi connectivity index (χ1) is 7.66. The van der Waals surface area contributed by atoms with E-state index in [1.807, 2.05) is 0 Å². The molecule has 4 nitrogen and oxygen atoms in total. The molecule has 0 saturated carbocycles. The summed E-state index contributed by atoms with van der Waals surface area (Å²) in [6, 6.07) is 0. The standard InChI is InChI=1S/C11H27NO3Si/c1-11(9-7-5-6-8-10-12)16(13-2,14-3)15-4/h11H,5-10,12H2,1-4H3. The van der Waals surface area contributed by atoms with Crippen molar-refractivity contribution in [3.8, 4) is 0 Å². The monoisotopic (exact) mass is 249 g/mol. The van der Waals surface area contributed by atoms with Crippen LogP contribution >= 0.6 is 0 Å². The predicted molar refractivity (Wildman–Crippen MR) is 68.3 cm³/mol. The summed E-state index contributed by atoms with van der Waals surface area (Å²) in [6.45, 7) is 2.94. The second-order valence-electron chi connectivity index (χ2n) is 4.11. The van der Waals surface area contributed by atoms with Crippen LogP contribution in [0.5, 0.6) is 0 Å². The van der Waals surface area contributed by atoms with Gasteiger partial charge in [0.15, 0.2) is 0 Å². The molecular formula is C11H27NO3Si. The van der Waals surface area contributed by atoms with Crippen LogP contribution in [0.3, 0.4) is 0 Å². The summed E-state index contributed by atoms with van der Waals surface area (Å²) in [5.74, 6) is 0. The van der Waals surface area contributed by atoms with Crippen molar-refractivity contribution < 1.29 is 13.3 Å². The number of nitrogens with two attached hydrogens (primary N) is 1. The molecule has 0 heterocycles. The summed E-state index contributed by atoms with van der Waals surface area (Å²) in [5.41, 5.74) is 5.80. The fraction of sp³-hybridized carbons (Fsp3) is 1.00. The van der Waals surface area contributed by atoms with Crippen molar-refractivity contribution in [3.63, 3.8) is 0 Å². The van der Waals surface area contributed by atoms with Crippen LogP contribution in [0.1, 0.15) is 39.0 Å². The van der Waals surface area contributed by atoms with Gasteiger partial charge in [-0.25, -0.2) is 0 Å². The van der Waals surface area contributed by atoms with Crippen LogP contribution in [0.15, 0.2) is 0 Å². The first-order valence-electron chi connectivity index (χ1n) is 6.02. The van der Waals surface area contributed by atoms with Crippen molar-refractivity contribution in [1.82, 2.24) is 0 Å². The highest BCUT2D eigenvalue weighted by Gasteiger charge is 2.43. The molecular weight excluding hydrogens is 222 g/mol. The fourth-order valence-electron chi connectivity index (χ4n) is 1.98. The summed E-state index contributed by atoms with van der Waals surface area (Å²) >= 11 is 0. The van der Waals surface area contributed by atoms with Gasteiger partial charge in [0.1, 0.15) is 0 Å². The van der Waals surface area contributed by atoms with E-state index in [9.17, 15) is 0 Å². The largest absolute Gasteiger partial charge is 0.503 e. The first-order valence-corrected chi connectivity index (χ1v) is 7.82. The Hall–Kier alpha value is 0.0569. The minimum atomic E-state index is -2.41. The van der Waals surface area contributed by atoms with Crippen molar-refractivity contribution in [2.24, 2.45) is 5.73 Å². The third-order valence-corrected chi connectivity index (χ3v) is 6.25. The molecule has 1 atom stereocenters. The van der Waals surface area contributed by atoms with E-state index >= 15 is 0 Å². The van der Waals surface area contributed by atoms with E-state index in [2.05, 4.69) is 6.92 Å². The molecule has 1 unspecified atom stereocenters. The lowest BCUT2D eigenvalue weighted by molar-refractivity contribution is 0.111. The Kier molecular flexibility index (Phi) is 9.16. The summed E-state index contributed by atoms with van der Waals surface area (Å²) < 4.78 is 16.4. The Morgan fingerprint density at radius 1 is 0.938 bits per heavy atom. The maximum absolute atomic E-state index is 5.45. The third-order valence-electron chi connectivity index (χ3n) is 3.05. The Balaban J connectivity index is 3.88. The Morgan fingerprint density at radius 2 is 1.44 bits per heavy atom. The first kappa shape index (κ1) is 16.1. The smallest absolute Gasteiger partial charge is 0.377 e. The molecule has 0 fully saturated rings. The van der Waals surface area contributed by atoms with E-state index in [0.29, 0.717) is 5.54 Å². The SMILES string of the molecule is CO[Si](OC)(OC)C(C)CCCCCCN. The molecule has 0 radical (unpaired) electrons. The van der Waals surface area contributed by atoms with E-state index in [1.54, 1.807) is 21.3 Å². The van der Waals surface area contributed by atoms with Gasteiger partial charge in [-0.15, -0.1) is 0 Å². The van der Waals surface area contributed by atoms with Gasteiger partial charge < -0.3 is 19.0 Å². The number of hydrogen-bond acceptors (Lipinski definition) is 4. The maximum Gasteiger partial charge on any atom is 0.503 e. The molecule has 16 heavy (non-hydrogen) atoms. The van der Waals surface area contributed by atoms with Gasteiger partial charge in [-0.1, -0.05) is 26.2 Å². The van der Waals surface area contributed by atoms with E-state index in [-0.39, 0.29) is 0 Å². The molecule has 0 spiro atoms. The number of hydrogen-bond donors (Lipinski definition) is 1. The van der Waals surface area contributed by atoms with Crippen LogP contribution in [0, 0.1) is 0 Å². The minimum absolute atomic E-state index is 0.352. The van der Waals surface area contributed by atoms with Crippen LogP contribution in [-0.2, 0) is 13.3 Å². The molecule has 0 aromatic carbocycles. The van der Waals surface area contributed by atoms with Crippen molar-refractivity contribution in [2.45, 2.75) is 44.6 Å². The molecule has 0 aromatic heterocycles. The van der Waals surface area contributed by atoms with Gasteiger partial charge in [0.05, 0.1) is 0 Å². The zero-order valence-electron chi connectivity index (χ0n) is 11.1. The second-order valence-corrected chi connectivity index (χ2v) is 7.53. The average molecular weight is 249 g/mol. The summed E-state index contributed by atoms with van der Waals surface area (Å²) in [5, 5.41) is 0. The van der Waals surface area contributed by atoms with Gasteiger partial charge in [0, 0.05) is 26.9 Å². The van der Waals surface area contributed by atoms with Crippen LogP contribution in [-0.4, -0.2) is 36.7 Å². The third kappa shape index (κ3) is 4.93. The normalized spacial score (nSPS) is 14.1. The lowest BCUT2D eigenvalue weighted by Crippen LogP contribution is -2.46. The molecule has 0 aromatic rings. The zero-order chi connectivity index (χ0) is 12.4. The van der Waals surface area contributed by atoms with E-state index < -0.39 is 8.80 Å². The van der Waals surface area contributed by atoms with Gasteiger partial charge in [-0.05, 0) is 19.4 Å². The van der Waals surface area contributed by atoms with Crippen LogP contribution < -0.4 is 5.73 Å². The van der Waals surface area contributed by atoms with Crippen LogP contribution in [0.2, 0.25) is 5.54 Å². The second kappa shape index (κ2) is 9.12. The highest BCUT2D eigenvalue weighted by molar-refractivity contribution is 6.62. The number of rotatable bonds is 10. The quantitative estimate of drug-likeness (QED) is 0.476.